The molecule has 2 aromatic rings. The second kappa shape index (κ2) is 6.55. The first-order valence-corrected chi connectivity index (χ1v) is 8.97. The molecule has 1 amide bonds. The number of nitrogens with zero attached hydrogens (tertiary/aromatic N) is 3. The number of amides is 1. The summed E-state index contributed by atoms with van der Waals surface area (Å²) in [7, 11) is 0. The van der Waals surface area contributed by atoms with Crippen LogP contribution in [0.2, 0.25) is 0 Å². The van der Waals surface area contributed by atoms with Gasteiger partial charge in [0.15, 0.2) is 5.69 Å². The molecule has 0 unspecified atom stereocenters. The van der Waals surface area contributed by atoms with Crippen LogP contribution in [0.15, 0.2) is 24.3 Å². The lowest BCUT2D eigenvalue weighted by atomic mass is 10.0. The number of rotatable bonds is 3. The topological polar surface area (TPSA) is 75.4 Å². The van der Waals surface area contributed by atoms with Crippen LogP contribution in [-0.2, 0) is 17.6 Å². The van der Waals surface area contributed by atoms with Gasteiger partial charge in [-0.1, -0.05) is 12.1 Å². The number of aliphatic carboxylic acids is 1. The Hall–Kier alpha value is -2.70. The van der Waals surface area contributed by atoms with Crippen molar-refractivity contribution in [3.63, 3.8) is 0 Å². The Morgan fingerprint density at radius 3 is 2.73 bits per heavy atom. The summed E-state index contributed by atoms with van der Waals surface area (Å²) >= 11 is 0. The van der Waals surface area contributed by atoms with Crippen molar-refractivity contribution in [3.05, 3.63) is 47.0 Å². The number of piperidine rings is 1. The lowest BCUT2D eigenvalue weighted by Gasteiger charge is -2.32. The Kier molecular flexibility index (Phi) is 4.22. The van der Waals surface area contributed by atoms with E-state index in [0.717, 1.165) is 36.9 Å². The predicted molar refractivity (Wildman–Crippen MR) is 91.9 cm³/mol. The average molecular weight is 357 g/mol. The molecule has 1 aromatic heterocycles. The number of carbonyl (C=O) groups is 2. The largest absolute Gasteiger partial charge is 0.480 e. The molecule has 136 valence electrons. The molecule has 26 heavy (non-hydrogen) atoms. The Morgan fingerprint density at radius 1 is 1.15 bits per heavy atom. The van der Waals surface area contributed by atoms with E-state index in [1.165, 1.54) is 15.6 Å². The number of para-hydroxylation sites is 1. The first-order chi connectivity index (χ1) is 12.6. The van der Waals surface area contributed by atoms with E-state index in [1.54, 1.807) is 18.2 Å². The molecule has 2 heterocycles. The summed E-state index contributed by atoms with van der Waals surface area (Å²) in [5, 5.41) is 13.9. The van der Waals surface area contributed by atoms with Gasteiger partial charge in [0.2, 0.25) is 0 Å². The molecular formula is C19H20FN3O3. The van der Waals surface area contributed by atoms with Crippen LogP contribution >= 0.6 is 0 Å². The monoisotopic (exact) mass is 357 g/mol. The summed E-state index contributed by atoms with van der Waals surface area (Å²) in [4.78, 5) is 26.0. The summed E-state index contributed by atoms with van der Waals surface area (Å²) in [6.45, 7) is 0.414. The normalized spacial score (nSPS) is 19.4. The van der Waals surface area contributed by atoms with Crippen molar-refractivity contribution in [2.45, 2.75) is 44.6 Å². The van der Waals surface area contributed by atoms with Crippen molar-refractivity contribution in [1.82, 2.24) is 14.7 Å². The molecule has 7 heteroatoms. The molecule has 0 spiro atoms. The molecule has 2 aliphatic rings. The third-order valence-electron chi connectivity index (χ3n) is 5.26. The minimum Gasteiger partial charge on any atom is -0.480 e. The van der Waals surface area contributed by atoms with Gasteiger partial charge in [-0.05, 0) is 50.7 Å². The molecule has 1 aliphatic carbocycles. The number of fused-ring (bicyclic) bond motifs is 1. The van der Waals surface area contributed by atoms with Gasteiger partial charge in [0.25, 0.3) is 5.91 Å². The van der Waals surface area contributed by atoms with Crippen molar-refractivity contribution in [2.24, 2.45) is 0 Å². The highest BCUT2D eigenvalue weighted by atomic mass is 19.1. The fourth-order valence-corrected chi connectivity index (χ4v) is 4.00. The second-order valence-corrected chi connectivity index (χ2v) is 6.84. The second-order valence-electron chi connectivity index (χ2n) is 6.84. The summed E-state index contributed by atoms with van der Waals surface area (Å²) in [5.41, 5.74) is 2.27. The van der Waals surface area contributed by atoms with Gasteiger partial charge in [-0.15, -0.1) is 0 Å². The van der Waals surface area contributed by atoms with Crippen molar-refractivity contribution in [1.29, 1.82) is 0 Å². The van der Waals surface area contributed by atoms with Crippen LogP contribution in [0, 0.1) is 5.82 Å². The van der Waals surface area contributed by atoms with E-state index in [4.69, 9.17) is 0 Å². The summed E-state index contributed by atoms with van der Waals surface area (Å²) < 4.78 is 15.8. The zero-order chi connectivity index (χ0) is 18.3. The minimum atomic E-state index is -0.983. The summed E-state index contributed by atoms with van der Waals surface area (Å²) in [6, 6.07) is 5.53. The molecule has 0 saturated carbocycles. The first kappa shape index (κ1) is 16.8. The van der Waals surface area contributed by atoms with Gasteiger partial charge in [-0.3, -0.25) is 4.79 Å². The van der Waals surface area contributed by atoms with Gasteiger partial charge in [-0.2, -0.15) is 5.10 Å². The van der Waals surface area contributed by atoms with Gasteiger partial charge < -0.3 is 10.0 Å². The van der Waals surface area contributed by atoms with E-state index in [0.29, 0.717) is 25.1 Å². The number of benzene rings is 1. The quantitative estimate of drug-likeness (QED) is 0.916. The van der Waals surface area contributed by atoms with Gasteiger partial charge in [0.1, 0.15) is 17.5 Å². The zero-order valence-electron chi connectivity index (χ0n) is 14.3. The predicted octanol–water partition coefficient (Wildman–Crippen LogP) is 2.58. The van der Waals surface area contributed by atoms with Crippen LogP contribution in [0.5, 0.6) is 0 Å². The zero-order valence-corrected chi connectivity index (χ0v) is 14.3. The van der Waals surface area contributed by atoms with E-state index in [-0.39, 0.29) is 11.6 Å². The van der Waals surface area contributed by atoms with Crippen LogP contribution in [0.3, 0.4) is 0 Å². The Balaban J connectivity index is 1.76. The molecule has 1 N–H and O–H groups in total. The molecule has 1 saturated heterocycles. The number of hydrogen-bond acceptors (Lipinski definition) is 3. The fourth-order valence-electron chi connectivity index (χ4n) is 4.00. The number of carbonyl (C=O) groups excluding carboxylic acids is 1. The third kappa shape index (κ3) is 2.67. The van der Waals surface area contributed by atoms with Crippen LogP contribution in [0.25, 0.3) is 5.69 Å². The number of halogens is 1. The Morgan fingerprint density at radius 2 is 1.96 bits per heavy atom. The van der Waals surface area contributed by atoms with Crippen LogP contribution in [-0.4, -0.2) is 44.3 Å². The Labute approximate surface area is 150 Å². The number of carboxylic acid groups (broad SMARTS) is 1. The highest BCUT2D eigenvalue weighted by Crippen LogP contribution is 2.30. The number of hydrogen-bond donors (Lipinski definition) is 1. The summed E-state index contributed by atoms with van der Waals surface area (Å²) in [5.74, 6) is -1.74. The standard InChI is InChI=1S/C19H20FN3O3/c20-13-7-1-2-8-15(13)23-14-10-5-6-12(14)17(21-23)18(24)22-11-4-3-9-16(22)19(25)26/h1-2,7-8,16H,3-6,9-11H2,(H,25,26)/t16-/m1/s1. The van der Waals surface area contributed by atoms with Crippen LogP contribution in [0.1, 0.15) is 47.4 Å². The molecule has 0 radical (unpaired) electrons. The van der Waals surface area contributed by atoms with Crippen molar-refractivity contribution in [2.75, 3.05) is 6.54 Å². The minimum absolute atomic E-state index is 0.272. The summed E-state index contributed by atoms with van der Waals surface area (Å²) in [6.07, 6.45) is 4.35. The van der Waals surface area contributed by atoms with E-state index < -0.39 is 17.8 Å². The molecular weight excluding hydrogens is 337 g/mol. The average Bonchev–Trinajstić information content (AvgIpc) is 3.24. The number of aromatic nitrogens is 2. The molecule has 1 aliphatic heterocycles. The van der Waals surface area contributed by atoms with E-state index in [2.05, 4.69) is 5.10 Å². The fraction of sp³-hybridized carbons (Fsp3) is 0.421. The van der Waals surface area contributed by atoms with Gasteiger partial charge >= 0.3 is 5.97 Å². The highest BCUT2D eigenvalue weighted by Gasteiger charge is 2.36. The lowest BCUT2D eigenvalue weighted by molar-refractivity contribution is -0.143. The molecule has 1 atom stereocenters. The highest BCUT2D eigenvalue weighted by molar-refractivity contribution is 5.96. The molecule has 6 nitrogen and oxygen atoms in total. The SMILES string of the molecule is O=C(O)[C@H]1CCCCN1C(=O)c1nn(-c2ccccc2F)c2c1CCC2. The van der Waals surface area contributed by atoms with Crippen molar-refractivity contribution in [3.8, 4) is 5.69 Å². The lowest BCUT2D eigenvalue weighted by Crippen LogP contribution is -2.48. The van der Waals surface area contributed by atoms with Gasteiger partial charge in [0.05, 0.1) is 0 Å². The number of carboxylic acids is 1. The van der Waals surface area contributed by atoms with Crippen LogP contribution in [0.4, 0.5) is 4.39 Å². The molecule has 1 fully saturated rings. The maximum absolute atomic E-state index is 14.2. The van der Waals surface area contributed by atoms with Gasteiger partial charge in [-0.25, -0.2) is 13.9 Å². The van der Waals surface area contributed by atoms with Crippen molar-refractivity contribution < 1.29 is 19.1 Å². The van der Waals surface area contributed by atoms with E-state index in [1.807, 2.05) is 0 Å². The van der Waals surface area contributed by atoms with Crippen LogP contribution < -0.4 is 0 Å². The maximum Gasteiger partial charge on any atom is 0.326 e. The van der Waals surface area contributed by atoms with E-state index in [9.17, 15) is 19.1 Å². The molecule has 0 bridgehead atoms. The van der Waals surface area contributed by atoms with Crippen molar-refractivity contribution >= 4 is 11.9 Å². The Bertz CT molecular complexity index is 877. The maximum atomic E-state index is 14.2. The third-order valence-corrected chi connectivity index (χ3v) is 5.26. The first-order valence-electron chi connectivity index (χ1n) is 8.97. The molecule has 4 rings (SSSR count). The number of likely N-dealkylation sites (tertiary alicyclic amines) is 1. The smallest absolute Gasteiger partial charge is 0.326 e. The molecule has 1 aromatic carbocycles. The van der Waals surface area contributed by atoms with Gasteiger partial charge in [0, 0.05) is 17.8 Å². The van der Waals surface area contributed by atoms with E-state index >= 15 is 0 Å².